The Morgan fingerprint density at radius 3 is 1.09 bits per heavy atom. The Hall–Kier alpha value is -1.16. The normalized spacial score (nSPS) is 47.8. The van der Waals surface area contributed by atoms with Crippen LogP contribution < -0.4 is 10.6 Å². The van der Waals surface area contributed by atoms with Crippen LogP contribution in [0.5, 0.6) is 0 Å². The molecule has 378 valence electrons. The van der Waals surface area contributed by atoms with E-state index in [0.717, 1.165) is 13.8 Å². The highest BCUT2D eigenvalue weighted by atomic mass is 32.0. The van der Waals surface area contributed by atoms with Gasteiger partial charge in [-0.1, -0.05) is 8.93 Å². The van der Waals surface area contributed by atoms with Crippen LogP contribution in [0.1, 0.15) is 13.8 Å². The third kappa shape index (κ3) is 12.4. The van der Waals surface area contributed by atoms with Crippen molar-refractivity contribution in [2.75, 3.05) is 39.7 Å². The van der Waals surface area contributed by atoms with E-state index in [4.69, 9.17) is 47.2 Å². The van der Waals surface area contributed by atoms with Crippen LogP contribution in [0.4, 0.5) is 0 Å². The fourth-order valence-corrected chi connectivity index (χ4v) is 8.92. The van der Waals surface area contributed by atoms with Gasteiger partial charge in [-0.3, -0.25) is 9.59 Å². The molecule has 5 heterocycles. The minimum Gasteiger partial charge on any atom is -0.394 e. The molecule has 27 atom stereocenters. The van der Waals surface area contributed by atoms with Crippen molar-refractivity contribution in [3.05, 3.63) is 0 Å². The van der Waals surface area contributed by atoms with Crippen LogP contribution >= 0.6 is 16.8 Å². The molecule has 5 aliphatic heterocycles. The summed E-state index contributed by atoms with van der Waals surface area (Å²) in [5, 5.41) is 153. The van der Waals surface area contributed by atoms with E-state index in [9.17, 15) is 81.1 Å². The molecule has 0 saturated carbocycles. The van der Waals surface area contributed by atoms with Crippen molar-refractivity contribution < 1.29 is 128 Å². The number of rotatable bonds is 17. The molecule has 0 aromatic carbocycles. The highest BCUT2D eigenvalue weighted by molar-refractivity contribution is 8.10. The van der Waals surface area contributed by atoms with Crippen molar-refractivity contribution in [3.8, 4) is 0 Å². The number of aliphatic hydroxyl groups is 14. The predicted octanol–water partition coefficient (Wildman–Crippen LogP) is -9.80. The minimum absolute atomic E-state index is 0.763. The fraction of sp³-hybridized carbons (Fsp3) is 0.943. The maximum Gasteiger partial charge on any atom is 0.217 e. The molecule has 0 aromatic heterocycles. The summed E-state index contributed by atoms with van der Waals surface area (Å²) in [7, 11) is 0.930. The van der Waals surface area contributed by atoms with Gasteiger partial charge < -0.3 is 129 Å². The second-order valence-electron chi connectivity index (χ2n) is 16.0. The zero-order valence-corrected chi connectivity index (χ0v) is 37.2. The van der Waals surface area contributed by atoms with Gasteiger partial charge in [0.25, 0.3) is 0 Å². The molecule has 30 heteroatoms. The van der Waals surface area contributed by atoms with E-state index < -0.39 is 206 Å². The number of hydrogen-bond donors (Lipinski definition) is 16. The summed E-state index contributed by atoms with van der Waals surface area (Å²) in [6.45, 7) is -0.651. The first-order chi connectivity index (χ1) is 30.7. The topological polar surface area (TPSA) is 434 Å². The molecule has 2 amide bonds. The third-order valence-electron chi connectivity index (χ3n) is 11.4. The standard InChI is InChI=1S/C35H62N2O26P2/c1-9(43)36-16-20(47)27(60-33-24(51)22(49)18(45)11(4-38)54-33)13(6-40)56-31(16)59-29-15(8-42)58-35(63-65(3)64)30(26(29)53)62-32-17(37-10(2)44)21(48)28(14(7-41)57-32)61-34-25(52)23(50)19(46)12(5-39)55-34/h11-35,38-42,45-53H,4-8,64H2,1-3H3,(H,36,43)(H,37,44)/t11?,12?,13?,14?,15?,16-,17-,18-,19-,20+,21+,22-,23-,24-,25-,26-,27+,28+,29+,30+,31?,32?,33?,34?,35?,65?/m0/s1. The summed E-state index contributed by atoms with van der Waals surface area (Å²) in [5.74, 6) is -1.53. The Kier molecular flexibility index (Phi) is 20.3. The van der Waals surface area contributed by atoms with Crippen molar-refractivity contribution >= 4 is 28.6 Å². The average Bonchev–Trinajstić information content (AvgIpc) is 3.26. The van der Waals surface area contributed by atoms with Crippen molar-refractivity contribution in [2.45, 2.75) is 167 Å². The molecule has 0 aromatic rings. The minimum atomic E-state index is -1.98. The zero-order chi connectivity index (χ0) is 48.2. The largest absolute Gasteiger partial charge is 0.394 e. The molecular formula is C35H62N2O26P2. The van der Waals surface area contributed by atoms with Gasteiger partial charge in [0.1, 0.15) is 122 Å². The number of carbonyl (C=O) groups excluding carboxylic acids is 2. The molecular weight excluding hydrogens is 926 g/mol. The van der Waals surface area contributed by atoms with Crippen molar-refractivity contribution in [1.29, 1.82) is 0 Å². The Morgan fingerprint density at radius 1 is 0.446 bits per heavy atom. The lowest BCUT2D eigenvalue weighted by atomic mass is 9.94. The molecule has 28 nitrogen and oxygen atoms in total. The van der Waals surface area contributed by atoms with E-state index in [1.54, 1.807) is 6.66 Å². The number of ether oxygens (including phenoxy) is 9. The molecule has 5 fully saturated rings. The number of carbonyl (C=O) groups is 2. The van der Waals surface area contributed by atoms with Crippen molar-refractivity contribution in [1.82, 2.24) is 10.6 Å². The number of nitrogens with one attached hydrogen (secondary N) is 2. The number of aliphatic hydroxyl groups excluding tert-OH is 14. The van der Waals surface area contributed by atoms with E-state index in [-0.39, 0.29) is 0 Å². The molecule has 0 radical (unpaired) electrons. The molecule has 5 rings (SSSR count). The van der Waals surface area contributed by atoms with Gasteiger partial charge in [0.05, 0.1) is 33.0 Å². The zero-order valence-electron chi connectivity index (χ0n) is 35.2. The summed E-state index contributed by atoms with van der Waals surface area (Å²) >= 11 is 0. The molecule has 0 aliphatic carbocycles. The van der Waals surface area contributed by atoms with Gasteiger partial charge in [0.15, 0.2) is 31.5 Å². The van der Waals surface area contributed by atoms with Crippen molar-refractivity contribution in [2.24, 2.45) is 0 Å². The first-order valence-electron chi connectivity index (χ1n) is 20.5. The fourth-order valence-electron chi connectivity index (χ4n) is 8.06. The first kappa shape index (κ1) is 54.8. The molecule has 12 unspecified atom stereocenters. The van der Waals surface area contributed by atoms with Gasteiger partial charge in [-0.2, -0.15) is 0 Å². The first-order valence-corrected chi connectivity index (χ1v) is 23.8. The van der Waals surface area contributed by atoms with E-state index in [2.05, 4.69) is 19.6 Å². The van der Waals surface area contributed by atoms with E-state index >= 15 is 0 Å². The SMILES string of the molecule is CC(=O)N[C@@H]1C(O[C@@H]2C(CO)OC(OP(C)P)[C@H](OC3OC(CO)[C@@H](OC4OC(CO)[C@H](O)[C@H](O)[C@@H]4O)[C@H](O)[C@@H]3NC(C)=O)[C@H]2O)OC(CO)[C@@H](OC2OC(CO)[C@H](O)[C@H](O)[C@@H]2O)[C@@H]1O. The number of amides is 2. The Bertz CT molecular complexity index is 1510. The van der Waals surface area contributed by atoms with E-state index in [1.807, 2.05) is 0 Å². The van der Waals surface area contributed by atoms with Crippen LogP contribution in [0.2, 0.25) is 0 Å². The molecule has 0 bridgehead atoms. The van der Waals surface area contributed by atoms with Gasteiger partial charge in [-0.05, 0) is 6.66 Å². The van der Waals surface area contributed by atoms with Gasteiger partial charge in [0.2, 0.25) is 11.8 Å². The van der Waals surface area contributed by atoms with Crippen molar-refractivity contribution in [3.63, 3.8) is 0 Å². The van der Waals surface area contributed by atoms with Crippen LogP contribution in [0.15, 0.2) is 0 Å². The lowest BCUT2D eigenvalue weighted by molar-refractivity contribution is -0.381. The Morgan fingerprint density at radius 2 is 0.754 bits per heavy atom. The highest BCUT2D eigenvalue weighted by Crippen LogP contribution is 2.46. The van der Waals surface area contributed by atoms with Crippen LogP contribution in [0, 0.1) is 0 Å². The van der Waals surface area contributed by atoms with E-state index in [0.29, 0.717) is 0 Å². The summed E-state index contributed by atoms with van der Waals surface area (Å²) in [6, 6.07) is -3.29. The lowest BCUT2D eigenvalue weighted by Gasteiger charge is -2.51. The average molecular weight is 989 g/mol. The van der Waals surface area contributed by atoms with Gasteiger partial charge >= 0.3 is 0 Å². The maximum atomic E-state index is 12.5. The highest BCUT2D eigenvalue weighted by Gasteiger charge is 2.57. The quantitative estimate of drug-likeness (QED) is 0.0602. The summed E-state index contributed by atoms with van der Waals surface area (Å²) in [5.41, 5.74) is 0. The van der Waals surface area contributed by atoms with Gasteiger partial charge in [-0.15, -0.1) is 0 Å². The summed E-state index contributed by atoms with van der Waals surface area (Å²) in [4.78, 5) is 25.0. The molecule has 16 N–H and O–H groups in total. The Balaban J connectivity index is 1.41. The summed E-state index contributed by atoms with van der Waals surface area (Å²) in [6.07, 6.45) is -40.3. The van der Waals surface area contributed by atoms with Gasteiger partial charge in [0, 0.05) is 21.7 Å². The molecule has 65 heavy (non-hydrogen) atoms. The van der Waals surface area contributed by atoms with Crippen LogP contribution in [0.3, 0.4) is 0 Å². The van der Waals surface area contributed by atoms with E-state index in [1.165, 1.54) is 0 Å². The van der Waals surface area contributed by atoms with Crippen LogP contribution in [-0.4, -0.2) is 276 Å². The summed E-state index contributed by atoms with van der Waals surface area (Å²) < 4.78 is 58.4. The molecule has 5 aliphatic rings. The maximum absolute atomic E-state index is 12.5. The third-order valence-corrected chi connectivity index (χ3v) is 12.3. The molecule has 5 saturated heterocycles. The monoisotopic (exact) mass is 988 g/mol. The second kappa shape index (κ2) is 24.1. The smallest absolute Gasteiger partial charge is 0.217 e. The van der Waals surface area contributed by atoms with Crippen LogP contribution in [-0.2, 0) is 56.7 Å². The van der Waals surface area contributed by atoms with Crippen LogP contribution in [0.25, 0.3) is 0 Å². The lowest BCUT2D eigenvalue weighted by Crippen LogP contribution is -2.70. The number of hydrogen-bond acceptors (Lipinski definition) is 26. The predicted molar refractivity (Wildman–Crippen MR) is 211 cm³/mol. The Labute approximate surface area is 374 Å². The second-order valence-corrected chi connectivity index (χ2v) is 19.5. The molecule has 0 spiro atoms. The van der Waals surface area contributed by atoms with Gasteiger partial charge in [-0.25, -0.2) is 0 Å².